The van der Waals surface area contributed by atoms with Gasteiger partial charge in [0.05, 0.1) is 6.54 Å². The van der Waals surface area contributed by atoms with Gasteiger partial charge in [-0.3, -0.25) is 0 Å². The molecule has 3 rings (SSSR count). The van der Waals surface area contributed by atoms with E-state index in [1.807, 2.05) is 0 Å². The third-order valence-electron chi connectivity index (χ3n) is 3.17. The normalized spacial score (nSPS) is 11.9. The van der Waals surface area contributed by atoms with Crippen molar-refractivity contribution in [3.8, 4) is 0 Å². The number of nitrogens with one attached hydrogen (secondary N) is 1. The number of carboxylic acid groups (broad SMARTS) is 1. The first-order valence-electron chi connectivity index (χ1n) is 6.42. The minimum atomic E-state index is -3.90. The Morgan fingerprint density at radius 3 is 2.83 bits per heavy atom. The van der Waals surface area contributed by atoms with Crippen LogP contribution in [0.3, 0.4) is 0 Å². The topological polar surface area (TPSA) is 136 Å². The van der Waals surface area contributed by atoms with E-state index in [1.165, 1.54) is 25.1 Å². The van der Waals surface area contributed by atoms with Crippen LogP contribution < -0.4 is 4.72 Å². The molecule has 0 spiro atoms. The van der Waals surface area contributed by atoms with Crippen LogP contribution in [0.15, 0.2) is 38.2 Å². The van der Waals surface area contributed by atoms with Gasteiger partial charge in [-0.15, -0.1) is 0 Å². The summed E-state index contributed by atoms with van der Waals surface area (Å²) in [5, 5.41) is 16.1. The average Bonchev–Trinajstić information content (AvgIpc) is 3.10. The maximum absolute atomic E-state index is 12.4. The van der Waals surface area contributed by atoms with E-state index in [0.717, 1.165) is 0 Å². The fourth-order valence-corrected chi connectivity index (χ4v) is 3.23. The van der Waals surface area contributed by atoms with Crippen molar-refractivity contribution in [3.05, 3.63) is 41.3 Å². The Labute approximate surface area is 129 Å². The molecule has 0 saturated heterocycles. The second-order valence-electron chi connectivity index (χ2n) is 4.70. The van der Waals surface area contributed by atoms with Crippen LogP contribution in [0.4, 0.5) is 0 Å². The van der Waals surface area contributed by atoms with E-state index in [1.54, 1.807) is 6.07 Å². The number of nitrogens with zero attached hydrogens (tertiary/aromatic N) is 2. The number of aromatic nitrogens is 2. The van der Waals surface area contributed by atoms with Gasteiger partial charge >= 0.3 is 5.97 Å². The van der Waals surface area contributed by atoms with E-state index >= 15 is 0 Å². The van der Waals surface area contributed by atoms with Crippen molar-refractivity contribution in [2.24, 2.45) is 0 Å². The summed E-state index contributed by atoms with van der Waals surface area (Å²) in [5.41, 5.74) is 0.415. The molecule has 10 heteroatoms. The van der Waals surface area contributed by atoms with Crippen LogP contribution in [0.5, 0.6) is 0 Å². The predicted molar refractivity (Wildman–Crippen MR) is 76.2 cm³/mol. The van der Waals surface area contributed by atoms with Crippen LogP contribution in [-0.4, -0.2) is 29.8 Å². The first-order chi connectivity index (χ1) is 10.9. The zero-order valence-corrected chi connectivity index (χ0v) is 12.6. The molecule has 2 N–H and O–H groups in total. The number of carboxylic acids is 1. The highest BCUT2D eigenvalue weighted by Gasteiger charge is 2.21. The molecule has 3 aromatic rings. The van der Waals surface area contributed by atoms with E-state index in [0.29, 0.717) is 5.52 Å². The molecule has 0 aliphatic carbocycles. The number of hydrogen-bond donors (Lipinski definition) is 2. The number of rotatable bonds is 5. The van der Waals surface area contributed by atoms with Gasteiger partial charge in [0.25, 0.3) is 0 Å². The van der Waals surface area contributed by atoms with E-state index in [2.05, 4.69) is 19.7 Å². The summed E-state index contributed by atoms with van der Waals surface area (Å²) in [6.45, 7) is 1.29. The number of fused-ring (bicyclic) bond motifs is 1. The summed E-state index contributed by atoms with van der Waals surface area (Å²) in [4.78, 5) is 10.9. The van der Waals surface area contributed by atoms with Gasteiger partial charge in [0.15, 0.2) is 5.52 Å². The number of aryl methyl sites for hydroxylation is 1. The molecule has 2 heterocycles. The number of furan rings is 1. The van der Waals surface area contributed by atoms with Gasteiger partial charge in [-0.2, -0.15) is 0 Å². The van der Waals surface area contributed by atoms with E-state index < -0.39 is 16.0 Å². The van der Waals surface area contributed by atoms with E-state index in [-0.39, 0.29) is 34.0 Å². The smallest absolute Gasteiger partial charge is 0.339 e. The Balaban J connectivity index is 1.86. The lowest BCUT2D eigenvalue weighted by atomic mass is 10.2. The molecule has 1 aromatic carbocycles. The predicted octanol–water partition coefficient (Wildman–Crippen LogP) is 1.30. The molecular formula is C13H11N3O6S. The van der Waals surface area contributed by atoms with Gasteiger partial charge in [-0.1, -0.05) is 6.07 Å². The second kappa shape index (κ2) is 5.48. The monoisotopic (exact) mass is 337 g/mol. The summed E-state index contributed by atoms with van der Waals surface area (Å²) >= 11 is 0. The third kappa shape index (κ3) is 2.81. The third-order valence-corrected chi connectivity index (χ3v) is 4.61. The standard InChI is InChI=1S/C13H11N3O6S/c1-7-9(13(17)18)5-8(21-7)6-14-23(19,20)11-4-2-3-10-12(11)16-22-15-10/h2-5,14H,6H2,1H3,(H,17,18). The molecule has 0 fully saturated rings. The summed E-state index contributed by atoms with van der Waals surface area (Å²) < 4.78 is 36.8. The first kappa shape index (κ1) is 15.2. The molecule has 0 unspecified atom stereocenters. The summed E-state index contributed by atoms with van der Waals surface area (Å²) in [6, 6.07) is 5.73. The Hall–Kier alpha value is -2.72. The maximum Gasteiger partial charge on any atom is 0.339 e. The van der Waals surface area contributed by atoms with Gasteiger partial charge in [0, 0.05) is 0 Å². The molecule has 0 saturated carbocycles. The van der Waals surface area contributed by atoms with Crippen LogP contribution in [0.2, 0.25) is 0 Å². The van der Waals surface area contributed by atoms with Gasteiger partial charge in [-0.05, 0) is 35.4 Å². The Morgan fingerprint density at radius 2 is 2.13 bits per heavy atom. The number of sulfonamides is 1. The van der Waals surface area contributed by atoms with Gasteiger partial charge in [0.2, 0.25) is 10.0 Å². The summed E-state index contributed by atoms with van der Waals surface area (Å²) in [7, 11) is -3.90. The van der Waals surface area contributed by atoms with Crippen molar-refractivity contribution >= 4 is 27.0 Å². The van der Waals surface area contributed by atoms with Crippen molar-refractivity contribution in [2.75, 3.05) is 0 Å². The number of carbonyl (C=O) groups is 1. The quantitative estimate of drug-likeness (QED) is 0.711. The first-order valence-corrected chi connectivity index (χ1v) is 7.90. The molecule has 0 aliphatic rings. The van der Waals surface area contributed by atoms with Crippen molar-refractivity contribution in [2.45, 2.75) is 18.4 Å². The molecule has 0 bridgehead atoms. The molecule has 23 heavy (non-hydrogen) atoms. The molecule has 120 valence electrons. The Bertz CT molecular complexity index is 988. The highest BCUT2D eigenvalue weighted by Crippen LogP contribution is 2.20. The minimum absolute atomic E-state index is 0.0120. The second-order valence-corrected chi connectivity index (χ2v) is 6.44. The minimum Gasteiger partial charge on any atom is -0.478 e. The van der Waals surface area contributed by atoms with Crippen molar-refractivity contribution in [3.63, 3.8) is 0 Å². The highest BCUT2D eigenvalue weighted by atomic mass is 32.2. The lowest BCUT2D eigenvalue weighted by Gasteiger charge is -2.05. The fraction of sp³-hybridized carbons (Fsp3) is 0.154. The molecular weight excluding hydrogens is 326 g/mol. The van der Waals surface area contributed by atoms with Crippen LogP contribution >= 0.6 is 0 Å². The SMILES string of the molecule is Cc1oc(CNS(=O)(=O)c2cccc3nonc23)cc1C(=O)O. The van der Waals surface area contributed by atoms with E-state index in [9.17, 15) is 13.2 Å². The summed E-state index contributed by atoms with van der Waals surface area (Å²) in [5.74, 6) is -0.748. The molecule has 2 aromatic heterocycles. The number of aromatic carboxylic acids is 1. The maximum atomic E-state index is 12.4. The average molecular weight is 337 g/mol. The van der Waals surface area contributed by atoms with Crippen molar-refractivity contribution in [1.82, 2.24) is 15.0 Å². The zero-order valence-electron chi connectivity index (χ0n) is 11.8. The van der Waals surface area contributed by atoms with E-state index in [4.69, 9.17) is 9.52 Å². The van der Waals surface area contributed by atoms with Gasteiger partial charge < -0.3 is 9.52 Å². The molecule has 0 radical (unpaired) electrons. The molecule has 0 aliphatic heterocycles. The van der Waals surface area contributed by atoms with Gasteiger partial charge in [-0.25, -0.2) is 22.6 Å². The molecule has 9 nitrogen and oxygen atoms in total. The lowest BCUT2D eigenvalue weighted by Crippen LogP contribution is -2.23. The van der Waals surface area contributed by atoms with Crippen LogP contribution in [0, 0.1) is 6.92 Å². The van der Waals surface area contributed by atoms with Crippen molar-refractivity contribution < 1.29 is 27.4 Å². The number of hydrogen-bond acceptors (Lipinski definition) is 7. The zero-order chi connectivity index (χ0) is 16.6. The summed E-state index contributed by atoms with van der Waals surface area (Å²) in [6.07, 6.45) is 0. The number of benzene rings is 1. The largest absolute Gasteiger partial charge is 0.478 e. The van der Waals surface area contributed by atoms with Crippen LogP contribution in [-0.2, 0) is 16.6 Å². The Morgan fingerprint density at radius 1 is 1.35 bits per heavy atom. The fourth-order valence-electron chi connectivity index (χ4n) is 2.09. The van der Waals surface area contributed by atoms with Crippen LogP contribution in [0.1, 0.15) is 21.9 Å². The molecule has 0 amide bonds. The van der Waals surface area contributed by atoms with Crippen molar-refractivity contribution in [1.29, 1.82) is 0 Å². The van der Waals surface area contributed by atoms with Crippen LogP contribution in [0.25, 0.3) is 11.0 Å². The Kier molecular flexibility index (Phi) is 3.62. The molecule has 0 atom stereocenters. The lowest BCUT2D eigenvalue weighted by molar-refractivity contribution is 0.0695. The highest BCUT2D eigenvalue weighted by molar-refractivity contribution is 7.89. The van der Waals surface area contributed by atoms with Gasteiger partial charge in [0.1, 0.15) is 27.5 Å².